The Bertz CT molecular complexity index is 638. The highest BCUT2D eigenvalue weighted by molar-refractivity contribution is 7.16. The maximum atomic E-state index is 12.1. The molecule has 1 N–H and O–H groups in total. The van der Waals surface area contributed by atoms with Crippen LogP contribution in [0.15, 0.2) is 24.4 Å². The molecule has 1 amide bonds. The first kappa shape index (κ1) is 14.7. The number of benzene rings is 1. The lowest BCUT2D eigenvalue weighted by Crippen LogP contribution is -2.40. The van der Waals surface area contributed by atoms with Gasteiger partial charge < -0.3 is 5.32 Å². The number of aryl methyl sites for hydroxylation is 2. The number of nitrogens with zero attached hydrogens (tertiary/aromatic N) is 1. The minimum atomic E-state index is -0.235. The van der Waals surface area contributed by atoms with Crippen LogP contribution in [0.2, 0.25) is 0 Å². The summed E-state index contributed by atoms with van der Waals surface area (Å²) in [7, 11) is 0. The van der Waals surface area contributed by atoms with Gasteiger partial charge in [0.05, 0.1) is 6.20 Å². The third-order valence-electron chi connectivity index (χ3n) is 2.83. The van der Waals surface area contributed by atoms with Crippen molar-refractivity contribution in [1.82, 2.24) is 10.3 Å². The number of hydrogen-bond acceptors (Lipinski definition) is 3. The van der Waals surface area contributed by atoms with Crippen molar-refractivity contribution in [2.75, 3.05) is 0 Å². The summed E-state index contributed by atoms with van der Waals surface area (Å²) in [4.78, 5) is 17.1. The van der Waals surface area contributed by atoms with Crippen molar-refractivity contribution in [3.63, 3.8) is 0 Å². The minimum absolute atomic E-state index is 0.0639. The maximum absolute atomic E-state index is 12.1. The van der Waals surface area contributed by atoms with Crippen LogP contribution in [0.1, 0.15) is 41.6 Å². The molecule has 0 bridgehead atoms. The van der Waals surface area contributed by atoms with E-state index in [0.717, 1.165) is 10.6 Å². The van der Waals surface area contributed by atoms with Crippen molar-refractivity contribution in [2.24, 2.45) is 0 Å². The van der Waals surface area contributed by atoms with Crippen molar-refractivity contribution in [3.8, 4) is 10.6 Å². The lowest BCUT2D eigenvalue weighted by molar-refractivity contribution is 0.0923. The number of rotatable bonds is 2. The first-order valence-corrected chi connectivity index (χ1v) is 7.44. The molecule has 2 aromatic rings. The van der Waals surface area contributed by atoms with E-state index >= 15 is 0 Å². The van der Waals surface area contributed by atoms with E-state index < -0.39 is 0 Å². The number of hydrogen-bond donors (Lipinski definition) is 1. The minimum Gasteiger partial charge on any atom is -0.347 e. The Morgan fingerprint density at radius 3 is 2.55 bits per heavy atom. The third kappa shape index (κ3) is 3.45. The Morgan fingerprint density at radius 2 is 1.95 bits per heavy atom. The van der Waals surface area contributed by atoms with Crippen LogP contribution in [-0.4, -0.2) is 16.4 Å². The zero-order valence-electron chi connectivity index (χ0n) is 12.6. The number of nitrogens with one attached hydrogen (secondary N) is 1. The van der Waals surface area contributed by atoms with Gasteiger partial charge in [-0.1, -0.05) is 23.8 Å². The quantitative estimate of drug-likeness (QED) is 0.909. The first-order valence-electron chi connectivity index (χ1n) is 6.62. The van der Waals surface area contributed by atoms with E-state index in [4.69, 9.17) is 0 Å². The van der Waals surface area contributed by atoms with Crippen LogP contribution in [0.25, 0.3) is 10.6 Å². The molecule has 0 atom stereocenters. The highest BCUT2D eigenvalue weighted by Crippen LogP contribution is 2.28. The average Bonchev–Trinajstić information content (AvgIpc) is 2.75. The Morgan fingerprint density at radius 1 is 1.25 bits per heavy atom. The molecule has 1 heterocycles. The average molecular weight is 288 g/mol. The van der Waals surface area contributed by atoms with E-state index in [-0.39, 0.29) is 11.4 Å². The molecule has 1 aromatic carbocycles. The maximum Gasteiger partial charge on any atom is 0.263 e. The summed E-state index contributed by atoms with van der Waals surface area (Å²) in [5.74, 6) is -0.0639. The predicted molar refractivity (Wildman–Crippen MR) is 84.2 cm³/mol. The molecule has 0 aliphatic rings. The Kier molecular flexibility index (Phi) is 3.95. The highest BCUT2D eigenvalue weighted by atomic mass is 32.1. The van der Waals surface area contributed by atoms with Crippen LogP contribution in [0.4, 0.5) is 0 Å². The van der Waals surface area contributed by atoms with Crippen LogP contribution >= 0.6 is 11.3 Å². The SMILES string of the molecule is Cc1ccc(-c2ncc(C(=O)NC(C)(C)C)s2)c(C)c1. The molecule has 0 aliphatic carbocycles. The van der Waals surface area contributed by atoms with E-state index in [2.05, 4.69) is 42.3 Å². The van der Waals surface area contributed by atoms with Gasteiger partial charge in [0.2, 0.25) is 0 Å². The lowest BCUT2D eigenvalue weighted by Gasteiger charge is -2.19. The Labute approximate surface area is 124 Å². The zero-order valence-corrected chi connectivity index (χ0v) is 13.4. The number of carbonyl (C=O) groups is 1. The van der Waals surface area contributed by atoms with Crippen LogP contribution in [0, 0.1) is 13.8 Å². The molecule has 4 heteroatoms. The summed E-state index contributed by atoms with van der Waals surface area (Å²) in [5.41, 5.74) is 3.27. The van der Waals surface area contributed by atoms with Gasteiger partial charge >= 0.3 is 0 Å². The molecule has 0 fully saturated rings. The van der Waals surface area contributed by atoms with Gasteiger partial charge in [0.15, 0.2) is 0 Å². The van der Waals surface area contributed by atoms with Crippen molar-refractivity contribution in [2.45, 2.75) is 40.2 Å². The van der Waals surface area contributed by atoms with Gasteiger partial charge in [-0.15, -0.1) is 11.3 Å². The second kappa shape index (κ2) is 5.37. The summed E-state index contributed by atoms with van der Waals surface area (Å²) in [5, 5.41) is 3.85. The molecule has 0 saturated carbocycles. The van der Waals surface area contributed by atoms with Gasteiger partial charge in [-0.05, 0) is 40.2 Å². The van der Waals surface area contributed by atoms with Gasteiger partial charge in [-0.25, -0.2) is 4.98 Å². The molecule has 0 saturated heterocycles. The monoisotopic (exact) mass is 288 g/mol. The summed E-state index contributed by atoms with van der Waals surface area (Å²) >= 11 is 1.43. The molecule has 0 radical (unpaired) electrons. The van der Waals surface area contributed by atoms with E-state index in [1.807, 2.05) is 20.8 Å². The molecular weight excluding hydrogens is 268 g/mol. The van der Waals surface area contributed by atoms with E-state index in [0.29, 0.717) is 4.88 Å². The second-order valence-electron chi connectivity index (χ2n) is 6.05. The summed E-state index contributed by atoms with van der Waals surface area (Å²) in [6, 6.07) is 6.26. The fourth-order valence-corrected chi connectivity index (χ4v) is 2.86. The number of aromatic nitrogens is 1. The van der Waals surface area contributed by atoms with E-state index in [9.17, 15) is 4.79 Å². The topological polar surface area (TPSA) is 42.0 Å². The number of thiazole rings is 1. The first-order chi connectivity index (χ1) is 9.26. The second-order valence-corrected chi connectivity index (χ2v) is 7.08. The predicted octanol–water partition coefficient (Wildman–Crippen LogP) is 3.96. The normalized spacial score (nSPS) is 11.4. The Hall–Kier alpha value is -1.68. The van der Waals surface area contributed by atoms with Crippen molar-refractivity contribution in [1.29, 1.82) is 0 Å². The lowest BCUT2D eigenvalue weighted by atomic mass is 10.1. The number of carbonyl (C=O) groups excluding carboxylic acids is 1. The standard InChI is InChI=1S/C16H20N2OS/c1-10-6-7-12(11(2)8-10)15-17-9-13(20-15)14(19)18-16(3,4)5/h6-9H,1-5H3,(H,18,19). The molecule has 1 aromatic heterocycles. The molecule has 2 rings (SSSR count). The van der Waals surface area contributed by atoms with Crippen LogP contribution in [-0.2, 0) is 0 Å². The molecule has 0 spiro atoms. The Balaban J connectivity index is 2.27. The smallest absolute Gasteiger partial charge is 0.263 e. The van der Waals surface area contributed by atoms with Crippen LogP contribution in [0.3, 0.4) is 0 Å². The van der Waals surface area contributed by atoms with E-state index in [1.54, 1.807) is 6.20 Å². The van der Waals surface area contributed by atoms with Gasteiger partial charge in [0.1, 0.15) is 9.88 Å². The van der Waals surface area contributed by atoms with Crippen LogP contribution < -0.4 is 5.32 Å². The van der Waals surface area contributed by atoms with Gasteiger partial charge in [0.25, 0.3) is 5.91 Å². The summed E-state index contributed by atoms with van der Waals surface area (Å²) < 4.78 is 0. The molecule has 0 unspecified atom stereocenters. The number of amides is 1. The summed E-state index contributed by atoms with van der Waals surface area (Å²) in [6.45, 7) is 10.0. The molecule has 3 nitrogen and oxygen atoms in total. The van der Waals surface area contributed by atoms with Gasteiger partial charge in [-0.2, -0.15) is 0 Å². The summed E-state index contributed by atoms with van der Waals surface area (Å²) in [6.07, 6.45) is 1.65. The van der Waals surface area contributed by atoms with Crippen LogP contribution in [0.5, 0.6) is 0 Å². The fourth-order valence-electron chi connectivity index (χ4n) is 1.96. The molecule has 0 aliphatic heterocycles. The van der Waals surface area contributed by atoms with Gasteiger partial charge in [0, 0.05) is 11.1 Å². The third-order valence-corrected chi connectivity index (χ3v) is 3.86. The highest BCUT2D eigenvalue weighted by Gasteiger charge is 2.18. The van der Waals surface area contributed by atoms with Gasteiger partial charge in [-0.3, -0.25) is 4.79 Å². The largest absolute Gasteiger partial charge is 0.347 e. The molecular formula is C16H20N2OS. The zero-order chi connectivity index (χ0) is 14.9. The van der Waals surface area contributed by atoms with Crippen molar-refractivity contribution in [3.05, 3.63) is 40.4 Å². The molecule has 20 heavy (non-hydrogen) atoms. The fraction of sp³-hybridized carbons (Fsp3) is 0.375. The molecule has 106 valence electrons. The van der Waals surface area contributed by atoms with Crippen molar-refractivity contribution < 1.29 is 4.79 Å². The van der Waals surface area contributed by atoms with E-state index in [1.165, 1.54) is 22.5 Å². The van der Waals surface area contributed by atoms with Crippen molar-refractivity contribution >= 4 is 17.2 Å².